The molecule has 1 heterocycles. The van der Waals surface area contributed by atoms with E-state index in [4.69, 9.17) is 0 Å². The SMILES string of the molecule is CN1C(=O)Cc2cc(NC(=O)Nc3ccccc3C(F)(F)F)ccc21. The Morgan fingerprint density at radius 2 is 1.84 bits per heavy atom. The summed E-state index contributed by atoms with van der Waals surface area (Å²) in [5.41, 5.74) is 0.637. The summed E-state index contributed by atoms with van der Waals surface area (Å²) in [5.74, 6) is -0.0595. The molecule has 0 atom stereocenters. The number of hydrogen-bond donors (Lipinski definition) is 2. The van der Waals surface area contributed by atoms with Gasteiger partial charge in [-0.05, 0) is 35.9 Å². The van der Waals surface area contributed by atoms with E-state index in [0.717, 1.165) is 17.3 Å². The summed E-state index contributed by atoms with van der Waals surface area (Å²) in [6, 6.07) is 8.83. The molecule has 2 aromatic rings. The minimum Gasteiger partial charge on any atom is -0.315 e. The van der Waals surface area contributed by atoms with Gasteiger partial charge in [0.25, 0.3) is 0 Å². The van der Waals surface area contributed by atoms with E-state index in [9.17, 15) is 22.8 Å². The molecule has 0 unspecified atom stereocenters. The second-order valence-electron chi connectivity index (χ2n) is 5.60. The maximum absolute atomic E-state index is 12.9. The highest BCUT2D eigenvalue weighted by molar-refractivity contribution is 6.03. The molecule has 3 rings (SSSR count). The molecule has 3 amide bonds. The largest absolute Gasteiger partial charge is 0.418 e. The number of carbonyl (C=O) groups is 2. The van der Waals surface area contributed by atoms with Gasteiger partial charge < -0.3 is 15.5 Å². The fraction of sp³-hybridized carbons (Fsp3) is 0.176. The van der Waals surface area contributed by atoms with Gasteiger partial charge >= 0.3 is 12.2 Å². The first-order chi connectivity index (χ1) is 11.8. The molecule has 25 heavy (non-hydrogen) atoms. The lowest BCUT2D eigenvalue weighted by molar-refractivity contribution is -0.136. The fourth-order valence-electron chi connectivity index (χ4n) is 2.67. The van der Waals surface area contributed by atoms with E-state index >= 15 is 0 Å². The van der Waals surface area contributed by atoms with E-state index in [0.29, 0.717) is 5.69 Å². The van der Waals surface area contributed by atoms with E-state index < -0.39 is 17.8 Å². The number of para-hydroxylation sites is 1. The van der Waals surface area contributed by atoms with Crippen LogP contribution in [0.3, 0.4) is 0 Å². The Bertz CT molecular complexity index is 849. The van der Waals surface area contributed by atoms with E-state index in [1.54, 1.807) is 25.2 Å². The number of rotatable bonds is 2. The van der Waals surface area contributed by atoms with Gasteiger partial charge in [0.1, 0.15) is 0 Å². The minimum atomic E-state index is -4.57. The number of hydrogen-bond acceptors (Lipinski definition) is 2. The summed E-state index contributed by atoms with van der Waals surface area (Å²) in [6.07, 6.45) is -4.34. The summed E-state index contributed by atoms with van der Waals surface area (Å²) in [6.45, 7) is 0. The molecular formula is C17H14F3N3O2. The molecule has 1 aliphatic heterocycles. The van der Waals surface area contributed by atoms with Crippen LogP contribution in [0.15, 0.2) is 42.5 Å². The van der Waals surface area contributed by atoms with Crippen molar-refractivity contribution in [3.05, 3.63) is 53.6 Å². The van der Waals surface area contributed by atoms with Crippen LogP contribution in [-0.2, 0) is 17.4 Å². The quantitative estimate of drug-likeness (QED) is 0.865. The number of amides is 3. The van der Waals surface area contributed by atoms with E-state index in [-0.39, 0.29) is 18.0 Å². The standard InChI is InChI=1S/C17H14F3N3O2/c1-23-14-7-6-11(8-10(14)9-15(23)24)21-16(25)22-13-5-3-2-4-12(13)17(18,19)20/h2-8H,9H2,1H3,(H2,21,22,25). The fourth-order valence-corrected chi connectivity index (χ4v) is 2.67. The number of anilines is 3. The van der Waals surface area contributed by atoms with Crippen LogP contribution in [0.25, 0.3) is 0 Å². The summed E-state index contributed by atoms with van der Waals surface area (Å²) < 4.78 is 38.8. The monoisotopic (exact) mass is 349 g/mol. The molecular weight excluding hydrogens is 335 g/mol. The predicted octanol–water partition coefficient (Wildman–Crippen LogP) is 3.87. The molecule has 0 spiro atoms. The number of nitrogens with one attached hydrogen (secondary N) is 2. The zero-order valence-corrected chi connectivity index (χ0v) is 13.1. The zero-order valence-electron chi connectivity index (χ0n) is 13.1. The second-order valence-corrected chi connectivity index (χ2v) is 5.60. The number of alkyl halides is 3. The molecule has 1 aliphatic rings. The number of nitrogens with zero attached hydrogens (tertiary/aromatic N) is 1. The average Bonchev–Trinajstić information content (AvgIpc) is 2.81. The first-order valence-corrected chi connectivity index (χ1v) is 7.39. The van der Waals surface area contributed by atoms with E-state index in [1.165, 1.54) is 23.1 Å². The number of urea groups is 1. The van der Waals surface area contributed by atoms with Crippen LogP contribution in [0.2, 0.25) is 0 Å². The highest BCUT2D eigenvalue weighted by Crippen LogP contribution is 2.35. The van der Waals surface area contributed by atoms with Gasteiger partial charge in [0.2, 0.25) is 5.91 Å². The summed E-state index contributed by atoms with van der Waals surface area (Å²) in [4.78, 5) is 25.2. The lowest BCUT2D eigenvalue weighted by Gasteiger charge is -2.14. The van der Waals surface area contributed by atoms with E-state index in [1.807, 2.05) is 0 Å². The summed E-state index contributed by atoms with van der Waals surface area (Å²) in [5, 5.41) is 4.68. The van der Waals surface area contributed by atoms with E-state index in [2.05, 4.69) is 10.6 Å². The van der Waals surface area contributed by atoms with Crippen LogP contribution in [0, 0.1) is 0 Å². The first kappa shape index (κ1) is 16.8. The molecule has 0 aliphatic carbocycles. The van der Waals surface area contributed by atoms with Gasteiger partial charge in [-0.2, -0.15) is 13.2 Å². The Morgan fingerprint density at radius 1 is 1.12 bits per heavy atom. The highest BCUT2D eigenvalue weighted by Gasteiger charge is 2.33. The van der Waals surface area contributed by atoms with Gasteiger partial charge in [0, 0.05) is 18.4 Å². The molecule has 130 valence electrons. The molecule has 5 nitrogen and oxygen atoms in total. The number of carbonyl (C=O) groups excluding carboxylic acids is 2. The minimum absolute atomic E-state index is 0.0595. The maximum atomic E-state index is 12.9. The molecule has 0 saturated carbocycles. The molecule has 0 aromatic heterocycles. The lowest BCUT2D eigenvalue weighted by Crippen LogP contribution is -2.22. The van der Waals surface area contributed by atoms with Crippen LogP contribution in [0.4, 0.5) is 35.0 Å². The molecule has 0 saturated heterocycles. The van der Waals surface area contributed by atoms with Gasteiger partial charge in [0.05, 0.1) is 17.7 Å². The zero-order chi connectivity index (χ0) is 18.2. The van der Waals surface area contributed by atoms with Gasteiger partial charge in [-0.15, -0.1) is 0 Å². The third-order valence-corrected chi connectivity index (χ3v) is 3.90. The van der Waals surface area contributed by atoms with Crippen molar-refractivity contribution in [1.29, 1.82) is 0 Å². The van der Waals surface area contributed by atoms with Crippen molar-refractivity contribution < 1.29 is 22.8 Å². The van der Waals surface area contributed by atoms with Crippen LogP contribution in [0.5, 0.6) is 0 Å². The molecule has 8 heteroatoms. The topological polar surface area (TPSA) is 61.4 Å². The third kappa shape index (κ3) is 3.42. The van der Waals surface area contributed by atoms with Crippen molar-refractivity contribution >= 4 is 29.0 Å². The number of fused-ring (bicyclic) bond motifs is 1. The Balaban J connectivity index is 1.75. The van der Waals surface area contributed by atoms with Gasteiger partial charge in [-0.3, -0.25) is 4.79 Å². The smallest absolute Gasteiger partial charge is 0.315 e. The molecule has 2 N–H and O–H groups in total. The van der Waals surface area contributed by atoms with Gasteiger partial charge in [0.15, 0.2) is 0 Å². The van der Waals surface area contributed by atoms with Gasteiger partial charge in [-0.25, -0.2) is 4.79 Å². The molecule has 0 bridgehead atoms. The first-order valence-electron chi connectivity index (χ1n) is 7.39. The van der Waals surface area contributed by atoms with Gasteiger partial charge in [-0.1, -0.05) is 12.1 Å². The highest BCUT2D eigenvalue weighted by atomic mass is 19.4. The average molecular weight is 349 g/mol. The molecule has 0 radical (unpaired) electrons. The van der Waals surface area contributed by atoms with Crippen LogP contribution in [-0.4, -0.2) is 19.0 Å². The number of halogens is 3. The van der Waals surface area contributed by atoms with Crippen LogP contribution >= 0.6 is 0 Å². The van der Waals surface area contributed by atoms with Crippen molar-refractivity contribution in [1.82, 2.24) is 0 Å². The number of benzene rings is 2. The predicted molar refractivity (Wildman–Crippen MR) is 87.6 cm³/mol. The second kappa shape index (κ2) is 6.12. The van der Waals surface area contributed by atoms with Crippen molar-refractivity contribution in [2.75, 3.05) is 22.6 Å². The van der Waals surface area contributed by atoms with Crippen molar-refractivity contribution in [3.63, 3.8) is 0 Å². The normalized spacial score (nSPS) is 13.6. The Morgan fingerprint density at radius 3 is 2.56 bits per heavy atom. The van der Waals surface area contributed by atoms with Crippen molar-refractivity contribution in [2.45, 2.75) is 12.6 Å². The lowest BCUT2D eigenvalue weighted by atomic mass is 10.1. The summed E-state index contributed by atoms with van der Waals surface area (Å²) in [7, 11) is 1.65. The molecule has 2 aromatic carbocycles. The van der Waals surface area contributed by atoms with Crippen molar-refractivity contribution in [2.24, 2.45) is 0 Å². The third-order valence-electron chi connectivity index (χ3n) is 3.90. The molecule has 0 fully saturated rings. The number of likely N-dealkylation sites (N-methyl/N-ethyl adjacent to an activating group) is 1. The summed E-state index contributed by atoms with van der Waals surface area (Å²) >= 11 is 0. The maximum Gasteiger partial charge on any atom is 0.418 e. The Hall–Kier alpha value is -3.03. The Kier molecular flexibility index (Phi) is 4.12. The van der Waals surface area contributed by atoms with Crippen molar-refractivity contribution in [3.8, 4) is 0 Å². The van der Waals surface area contributed by atoms with Crippen LogP contribution < -0.4 is 15.5 Å². The van der Waals surface area contributed by atoms with Crippen LogP contribution in [0.1, 0.15) is 11.1 Å². The Labute approximate surface area is 141 Å².